The third-order valence-corrected chi connectivity index (χ3v) is 8.98. The van der Waals surface area contributed by atoms with Gasteiger partial charge in [0.15, 0.2) is 9.84 Å². The molecule has 2 aromatic rings. The Morgan fingerprint density at radius 2 is 1.69 bits per heavy atom. The van der Waals surface area contributed by atoms with E-state index in [-0.39, 0.29) is 12.2 Å². The number of primary sulfonamides is 1. The van der Waals surface area contributed by atoms with Crippen molar-refractivity contribution in [2.45, 2.75) is 52.2 Å². The standard InChI is InChI=1S/C16H20N2O8S3/c17-28(21,22)16-9-14(29(23,24)25)13(18-10-11-4-3-7-26-11)8-15(16)27(19,20)12-5-1-2-6-12/h3-4,7-9,12,18H,1-2,5-6,10H2,(H2,17,21,22)(H,23,24,25). The van der Waals surface area contributed by atoms with Gasteiger partial charge in [-0.15, -0.1) is 0 Å². The zero-order valence-corrected chi connectivity index (χ0v) is 17.6. The van der Waals surface area contributed by atoms with Crippen molar-refractivity contribution >= 4 is 35.7 Å². The van der Waals surface area contributed by atoms with Gasteiger partial charge in [-0.3, -0.25) is 4.55 Å². The summed E-state index contributed by atoms with van der Waals surface area (Å²) in [5.41, 5.74) is -0.284. The summed E-state index contributed by atoms with van der Waals surface area (Å²) < 4.78 is 88.6. The molecule has 160 valence electrons. The largest absolute Gasteiger partial charge is 0.467 e. The van der Waals surface area contributed by atoms with E-state index < -0.39 is 49.9 Å². The van der Waals surface area contributed by atoms with Crippen LogP contribution in [0, 0.1) is 0 Å². The van der Waals surface area contributed by atoms with Gasteiger partial charge in [-0.1, -0.05) is 12.8 Å². The first-order valence-corrected chi connectivity index (χ1v) is 13.1. The smallest absolute Gasteiger partial charge is 0.296 e. The van der Waals surface area contributed by atoms with Crippen LogP contribution in [0.2, 0.25) is 0 Å². The second-order valence-corrected chi connectivity index (χ2v) is 11.8. The van der Waals surface area contributed by atoms with Crippen LogP contribution in [0.3, 0.4) is 0 Å². The Bertz CT molecular complexity index is 1210. The normalized spacial score (nSPS) is 16.2. The second-order valence-electron chi connectivity index (χ2n) is 6.70. The topological polar surface area (TPSA) is 174 Å². The molecule has 0 atom stereocenters. The zero-order valence-electron chi connectivity index (χ0n) is 15.1. The third-order valence-electron chi connectivity index (χ3n) is 4.71. The van der Waals surface area contributed by atoms with Gasteiger partial charge >= 0.3 is 0 Å². The summed E-state index contributed by atoms with van der Waals surface area (Å²) in [6, 6.07) is 4.65. The van der Waals surface area contributed by atoms with Crippen LogP contribution in [0.5, 0.6) is 0 Å². The van der Waals surface area contributed by atoms with E-state index in [2.05, 4.69) is 5.32 Å². The first kappa shape index (κ1) is 21.8. The number of anilines is 1. The molecule has 0 unspecified atom stereocenters. The van der Waals surface area contributed by atoms with E-state index in [4.69, 9.17) is 9.56 Å². The molecule has 1 aromatic carbocycles. The molecule has 3 rings (SSSR count). The predicted molar refractivity (Wildman–Crippen MR) is 103 cm³/mol. The quantitative estimate of drug-likeness (QED) is 0.513. The Labute approximate surface area is 168 Å². The lowest BCUT2D eigenvalue weighted by molar-refractivity contribution is 0.482. The molecule has 29 heavy (non-hydrogen) atoms. The fraction of sp³-hybridized carbons (Fsp3) is 0.375. The number of benzene rings is 1. The number of nitrogens with one attached hydrogen (secondary N) is 1. The van der Waals surface area contributed by atoms with Crippen LogP contribution in [0.1, 0.15) is 31.4 Å². The average Bonchev–Trinajstić information content (AvgIpc) is 3.31. The van der Waals surface area contributed by atoms with Crippen molar-refractivity contribution in [1.29, 1.82) is 0 Å². The Balaban J connectivity index is 2.21. The fourth-order valence-electron chi connectivity index (χ4n) is 3.31. The van der Waals surface area contributed by atoms with E-state index in [0.717, 1.165) is 6.07 Å². The van der Waals surface area contributed by atoms with Crippen molar-refractivity contribution in [3.8, 4) is 0 Å². The van der Waals surface area contributed by atoms with E-state index in [9.17, 15) is 29.8 Å². The molecule has 13 heteroatoms. The van der Waals surface area contributed by atoms with Crippen LogP contribution >= 0.6 is 0 Å². The third kappa shape index (κ3) is 4.64. The molecule has 1 saturated carbocycles. The average molecular weight is 465 g/mol. The summed E-state index contributed by atoms with van der Waals surface area (Å²) in [4.78, 5) is -2.28. The number of sulfonamides is 1. The maximum atomic E-state index is 13.1. The van der Waals surface area contributed by atoms with Gasteiger partial charge in [0.2, 0.25) is 10.0 Å². The van der Waals surface area contributed by atoms with E-state index in [1.807, 2.05) is 0 Å². The number of hydrogen-bond donors (Lipinski definition) is 3. The van der Waals surface area contributed by atoms with Crippen LogP contribution in [0.4, 0.5) is 5.69 Å². The predicted octanol–water partition coefficient (Wildman–Crippen LogP) is 1.50. The minimum atomic E-state index is -4.90. The molecule has 0 bridgehead atoms. The van der Waals surface area contributed by atoms with Gasteiger partial charge in [-0.2, -0.15) is 8.42 Å². The van der Waals surface area contributed by atoms with Crippen LogP contribution in [0.25, 0.3) is 0 Å². The van der Waals surface area contributed by atoms with Crippen LogP contribution in [-0.2, 0) is 36.5 Å². The summed E-state index contributed by atoms with van der Waals surface area (Å²) >= 11 is 0. The monoisotopic (exact) mass is 464 g/mol. The van der Waals surface area contributed by atoms with Gasteiger partial charge in [-0.25, -0.2) is 22.0 Å². The Hall–Kier alpha value is -1.93. The SMILES string of the molecule is NS(=O)(=O)c1cc(S(=O)(=O)O)c(NCc2ccco2)cc1S(=O)(=O)C1CCCC1. The van der Waals surface area contributed by atoms with Crippen LogP contribution in [-0.4, -0.2) is 35.1 Å². The first-order valence-electron chi connectivity index (χ1n) is 8.59. The molecule has 10 nitrogen and oxygen atoms in total. The summed E-state index contributed by atoms with van der Waals surface area (Å²) in [6.45, 7) is -0.0346. The maximum absolute atomic E-state index is 13.1. The van der Waals surface area contributed by atoms with Crippen molar-refractivity contribution in [2.75, 3.05) is 5.32 Å². The van der Waals surface area contributed by atoms with Gasteiger partial charge in [0.1, 0.15) is 15.6 Å². The number of rotatable bonds is 7. The van der Waals surface area contributed by atoms with E-state index in [1.54, 1.807) is 12.1 Å². The second kappa shape index (κ2) is 7.72. The van der Waals surface area contributed by atoms with Gasteiger partial charge in [0.05, 0.1) is 28.6 Å². The molecular weight excluding hydrogens is 444 g/mol. The Morgan fingerprint density at radius 3 is 2.21 bits per heavy atom. The lowest BCUT2D eigenvalue weighted by atomic mass is 10.3. The van der Waals surface area contributed by atoms with Crippen LogP contribution < -0.4 is 10.5 Å². The van der Waals surface area contributed by atoms with E-state index >= 15 is 0 Å². The molecule has 0 aliphatic heterocycles. The van der Waals surface area contributed by atoms with Crippen molar-refractivity contribution < 1.29 is 34.2 Å². The molecular formula is C16H20N2O8S3. The minimum absolute atomic E-state index is 0.0346. The molecule has 4 N–H and O–H groups in total. The number of furan rings is 1. The zero-order chi connectivity index (χ0) is 21.4. The Kier molecular flexibility index (Phi) is 5.80. The lowest BCUT2D eigenvalue weighted by Crippen LogP contribution is -2.24. The fourth-order valence-corrected chi connectivity index (χ4v) is 7.31. The highest BCUT2D eigenvalue weighted by molar-refractivity contribution is 7.94. The molecule has 0 saturated heterocycles. The molecule has 0 spiro atoms. The van der Waals surface area contributed by atoms with Gasteiger partial charge in [-0.05, 0) is 37.1 Å². The molecule has 1 aliphatic carbocycles. The van der Waals surface area contributed by atoms with Crippen molar-refractivity contribution in [3.05, 3.63) is 36.3 Å². The molecule has 1 aliphatic rings. The molecule has 0 radical (unpaired) electrons. The molecule has 0 amide bonds. The molecule has 1 heterocycles. The van der Waals surface area contributed by atoms with E-state index in [1.165, 1.54) is 6.26 Å². The van der Waals surface area contributed by atoms with Gasteiger partial charge < -0.3 is 9.73 Å². The summed E-state index contributed by atoms with van der Waals surface area (Å²) in [5.74, 6) is 0.405. The maximum Gasteiger partial charge on any atom is 0.296 e. The summed E-state index contributed by atoms with van der Waals surface area (Å²) in [7, 11) is -13.6. The number of hydrogen-bond acceptors (Lipinski definition) is 8. The highest BCUT2D eigenvalue weighted by atomic mass is 32.2. The van der Waals surface area contributed by atoms with Gasteiger partial charge in [0.25, 0.3) is 10.1 Å². The highest BCUT2D eigenvalue weighted by Crippen LogP contribution is 2.36. The number of nitrogens with two attached hydrogens (primary N) is 1. The Morgan fingerprint density at radius 1 is 1.03 bits per heavy atom. The van der Waals surface area contributed by atoms with Gasteiger partial charge in [0, 0.05) is 0 Å². The van der Waals surface area contributed by atoms with E-state index in [0.29, 0.717) is 37.5 Å². The highest BCUT2D eigenvalue weighted by Gasteiger charge is 2.36. The summed E-state index contributed by atoms with van der Waals surface area (Å²) in [5, 5.41) is 7.04. The first-order chi connectivity index (χ1) is 13.4. The lowest BCUT2D eigenvalue weighted by Gasteiger charge is -2.18. The van der Waals surface area contributed by atoms with Crippen molar-refractivity contribution in [2.24, 2.45) is 5.14 Å². The molecule has 1 aromatic heterocycles. The van der Waals surface area contributed by atoms with Crippen LogP contribution in [0.15, 0.2) is 49.6 Å². The number of sulfone groups is 1. The van der Waals surface area contributed by atoms with Crippen molar-refractivity contribution in [3.63, 3.8) is 0 Å². The minimum Gasteiger partial charge on any atom is -0.467 e. The molecule has 1 fully saturated rings. The summed E-state index contributed by atoms with van der Waals surface area (Å²) in [6.07, 6.45) is 3.48. The van der Waals surface area contributed by atoms with Crippen molar-refractivity contribution in [1.82, 2.24) is 0 Å².